The van der Waals surface area contributed by atoms with Gasteiger partial charge in [-0.2, -0.15) is 0 Å². The largest absolute Gasteiger partial charge is 0.372 e. The zero-order valence-electron chi connectivity index (χ0n) is 16.0. The zero-order chi connectivity index (χ0) is 18.6. The van der Waals surface area contributed by atoms with Crippen molar-refractivity contribution in [1.82, 2.24) is 10.2 Å². The number of carbonyl (C=O) groups excluding carboxylic acids is 2. The fourth-order valence-corrected chi connectivity index (χ4v) is 4.49. The fourth-order valence-electron chi connectivity index (χ4n) is 4.49. The number of imide groups is 1. The van der Waals surface area contributed by atoms with Crippen LogP contribution in [0.15, 0.2) is 24.3 Å². The smallest absolute Gasteiger partial charge is 0.233 e. The molecule has 0 bridgehead atoms. The number of rotatable bonds is 4. The maximum absolute atomic E-state index is 12.1. The number of amides is 2. The Hall–Kier alpha value is -1.92. The summed E-state index contributed by atoms with van der Waals surface area (Å²) in [6.07, 6.45) is 4.07. The van der Waals surface area contributed by atoms with Crippen molar-refractivity contribution in [3.63, 3.8) is 0 Å². The quantitative estimate of drug-likeness (QED) is 0.820. The minimum Gasteiger partial charge on any atom is -0.372 e. The van der Waals surface area contributed by atoms with Crippen LogP contribution >= 0.6 is 0 Å². The van der Waals surface area contributed by atoms with Crippen LogP contribution in [-0.4, -0.2) is 62.5 Å². The predicted molar refractivity (Wildman–Crippen MR) is 107 cm³/mol. The van der Waals surface area contributed by atoms with Crippen LogP contribution in [0.5, 0.6) is 0 Å². The summed E-state index contributed by atoms with van der Waals surface area (Å²) in [7, 11) is 0. The van der Waals surface area contributed by atoms with Gasteiger partial charge in [-0.3, -0.25) is 14.5 Å². The number of piperidine rings is 2. The van der Waals surface area contributed by atoms with E-state index in [0.29, 0.717) is 24.9 Å². The first-order valence-electron chi connectivity index (χ1n) is 10.3. The first kappa shape index (κ1) is 18.4. The molecule has 6 heteroatoms. The molecular weight excluding hydrogens is 340 g/mol. The third-order valence-corrected chi connectivity index (χ3v) is 6.09. The van der Waals surface area contributed by atoms with Gasteiger partial charge in [0.2, 0.25) is 11.8 Å². The molecule has 0 saturated carbocycles. The molecule has 3 heterocycles. The second kappa shape index (κ2) is 8.40. The molecule has 0 spiro atoms. The number of benzene rings is 1. The summed E-state index contributed by atoms with van der Waals surface area (Å²) in [5, 5.41) is 3.42. The molecule has 4 rings (SSSR count). The number of hydrogen-bond acceptors (Lipinski definition) is 5. The Morgan fingerprint density at radius 1 is 0.852 bits per heavy atom. The number of nitrogens with zero attached hydrogens (tertiary/aromatic N) is 3. The molecule has 0 aliphatic carbocycles. The van der Waals surface area contributed by atoms with Crippen LogP contribution in [0.25, 0.3) is 0 Å². The van der Waals surface area contributed by atoms with Gasteiger partial charge >= 0.3 is 0 Å². The van der Waals surface area contributed by atoms with E-state index in [9.17, 15) is 9.59 Å². The van der Waals surface area contributed by atoms with Crippen LogP contribution in [0.2, 0.25) is 0 Å². The fraction of sp³-hybridized carbons (Fsp3) is 0.619. The minimum atomic E-state index is -0.0762. The SMILES string of the molecule is O=C1CCCC(=O)N1c1ccc(N2CCC(CN3CCNCC3)CC2)cc1. The monoisotopic (exact) mass is 370 g/mol. The highest BCUT2D eigenvalue weighted by molar-refractivity contribution is 6.16. The number of piperazine rings is 1. The molecule has 27 heavy (non-hydrogen) atoms. The standard InChI is InChI=1S/C21H30N4O2/c26-20-2-1-3-21(27)25(20)19-6-4-18(5-7-19)24-12-8-17(9-13-24)16-23-14-10-22-11-15-23/h4-7,17,22H,1-3,8-16H2. The van der Waals surface area contributed by atoms with E-state index in [0.717, 1.165) is 32.1 Å². The molecule has 3 aliphatic rings. The van der Waals surface area contributed by atoms with Gasteiger partial charge in [0.25, 0.3) is 0 Å². The summed E-state index contributed by atoms with van der Waals surface area (Å²) in [6.45, 7) is 7.98. The molecule has 1 aromatic rings. The Morgan fingerprint density at radius 2 is 1.44 bits per heavy atom. The molecule has 2 amide bonds. The second-order valence-corrected chi connectivity index (χ2v) is 7.97. The van der Waals surface area contributed by atoms with Crippen LogP contribution in [-0.2, 0) is 9.59 Å². The molecule has 3 saturated heterocycles. The van der Waals surface area contributed by atoms with Crippen molar-refractivity contribution in [2.45, 2.75) is 32.1 Å². The van der Waals surface area contributed by atoms with E-state index in [2.05, 4.69) is 27.2 Å². The lowest BCUT2D eigenvalue weighted by atomic mass is 9.95. The van der Waals surface area contributed by atoms with Crippen LogP contribution in [0, 0.1) is 5.92 Å². The van der Waals surface area contributed by atoms with E-state index in [1.54, 1.807) is 0 Å². The third kappa shape index (κ3) is 4.33. The van der Waals surface area contributed by atoms with Crippen molar-refractivity contribution < 1.29 is 9.59 Å². The van der Waals surface area contributed by atoms with E-state index in [-0.39, 0.29) is 11.8 Å². The number of nitrogens with one attached hydrogen (secondary N) is 1. The highest BCUT2D eigenvalue weighted by Gasteiger charge is 2.27. The summed E-state index contributed by atoms with van der Waals surface area (Å²) in [5.41, 5.74) is 1.90. The van der Waals surface area contributed by atoms with Gasteiger partial charge in [0.05, 0.1) is 5.69 Å². The maximum Gasteiger partial charge on any atom is 0.233 e. The molecule has 1 aromatic carbocycles. The lowest BCUT2D eigenvalue weighted by Crippen LogP contribution is -2.46. The summed E-state index contributed by atoms with van der Waals surface area (Å²) in [4.78, 5) is 30.5. The highest BCUT2D eigenvalue weighted by atomic mass is 16.2. The normalized spacial score (nSPS) is 23.1. The molecule has 3 aliphatic heterocycles. The topological polar surface area (TPSA) is 55.9 Å². The Morgan fingerprint density at radius 3 is 2.07 bits per heavy atom. The summed E-state index contributed by atoms with van der Waals surface area (Å²) < 4.78 is 0. The molecule has 146 valence electrons. The van der Waals surface area contributed by atoms with Crippen molar-refractivity contribution in [2.75, 3.05) is 55.6 Å². The maximum atomic E-state index is 12.1. The van der Waals surface area contributed by atoms with Crippen molar-refractivity contribution >= 4 is 23.2 Å². The van der Waals surface area contributed by atoms with E-state index in [4.69, 9.17) is 0 Å². The van der Waals surface area contributed by atoms with Gasteiger partial charge < -0.3 is 15.1 Å². The van der Waals surface area contributed by atoms with E-state index >= 15 is 0 Å². The van der Waals surface area contributed by atoms with Crippen LogP contribution in [0.1, 0.15) is 32.1 Å². The number of carbonyl (C=O) groups is 2. The average molecular weight is 370 g/mol. The summed E-state index contributed by atoms with van der Waals surface area (Å²) in [6, 6.07) is 7.95. The van der Waals surface area contributed by atoms with Crippen LogP contribution in [0.3, 0.4) is 0 Å². The lowest BCUT2D eigenvalue weighted by Gasteiger charge is -2.37. The minimum absolute atomic E-state index is 0.0762. The van der Waals surface area contributed by atoms with Gasteiger partial charge in [-0.05, 0) is 49.4 Å². The average Bonchev–Trinajstić information content (AvgIpc) is 2.70. The Kier molecular flexibility index (Phi) is 5.74. The molecular formula is C21H30N4O2. The third-order valence-electron chi connectivity index (χ3n) is 6.09. The molecule has 3 fully saturated rings. The van der Waals surface area contributed by atoms with E-state index < -0.39 is 0 Å². The van der Waals surface area contributed by atoms with Crippen molar-refractivity contribution in [3.8, 4) is 0 Å². The molecule has 1 N–H and O–H groups in total. The van der Waals surface area contributed by atoms with Crippen LogP contribution in [0.4, 0.5) is 11.4 Å². The number of hydrogen-bond donors (Lipinski definition) is 1. The summed E-state index contributed by atoms with van der Waals surface area (Å²) >= 11 is 0. The van der Waals surface area contributed by atoms with E-state index in [1.165, 1.54) is 43.1 Å². The first-order chi connectivity index (χ1) is 13.2. The number of anilines is 2. The Labute approximate surface area is 161 Å². The molecule has 0 atom stereocenters. The first-order valence-corrected chi connectivity index (χ1v) is 10.3. The highest BCUT2D eigenvalue weighted by Crippen LogP contribution is 2.28. The van der Waals surface area contributed by atoms with Crippen molar-refractivity contribution in [2.24, 2.45) is 5.92 Å². The second-order valence-electron chi connectivity index (χ2n) is 7.97. The molecule has 0 unspecified atom stereocenters. The predicted octanol–water partition coefficient (Wildman–Crippen LogP) is 1.85. The summed E-state index contributed by atoms with van der Waals surface area (Å²) in [5.74, 6) is 0.641. The Balaban J connectivity index is 1.32. The van der Waals surface area contributed by atoms with Gasteiger partial charge in [-0.15, -0.1) is 0 Å². The van der Waals surface area contributed by atoms with Crippen molar-refractivity contribution in [3.05, 3.63) is 24.3 Å². The lowest BCUT2D eigenvalue weighted by molar-refractivity contribution is -0.129. The van der Waals surface area contributed by atoms with Gasteiger partial charge in [-0.25, -0.2) is 0 Å². The zero-order valence-corrected chi connectivity index (χ0v) is 16.0. The Bertz CT molecular complexity index is 645. The van der Waals surface area contributed by atoms with Crippen molar-refractivity contribution in [1.29, 1.82) is 0 Å². The van der Waals surface area contributed by atoms with Gasteiger partial charge in [-0.1, -0.05) is 0 Å². The van der Waals surface area contributed by atoms with E-state index in [1.807, 2.05) is 12.1 Å². The molecule has 0 aromatic heterocycles. The van der Waals surface area contributed by atoms with Crippen LogP contribution < -0.4 is 15.1 Å². The van der Waals surface area contributed by atoms with Gasteiger partial charge in [0.1, 0.15) is 0 Å². The molecule has 0 radical (unpaired) electrons. The molecule has 6 nitrogen and oxygen atoms in total. The van der Waals surface area contributed by atoms with Gasteiger partial charge in [0, 0.05) is 64.3 Å². The van der Waals surface area contributed by atoms with Gasteiger partial charge in [0.15, 0.2) is 0 Å².